The van der Waals surface area contributed by atoms with Crippen LogP contribution in [0.3, 0.4) is 0 Å². The topological polar surface area (TPSA) is 90.9 Å². The quantitative estimate of drug-likeness (QED) is 0.418. The van der Waals surface area contributed by atoms with Crippen molar-refractivity contribution in [1.29, 1.82) is 0 Å². The fourth-order valence-corrected chi connectivity index (χ4v) is 3.93. The van der Waals surface area contributed by atoms with Crippen LogP contribution in [0.1, 0.15) is 25.8 Å². The third-order valence-electron chi connectivity index (χ3n) is 4.73. The lowest BCUT2D eigenvalue weighted by Crippen LogP contribution is -2.24. The number of rotatable bonds is 7. The Hall–Kier alpha value is -3.26. The molecule has 1 atom stereocenters. The van der Waals surface area contributed by atoms with Crippen LogP contribution in [0.2, 0.25) is 0 Å². The van der Waals surface area contributed by atoms with Gasteiger partial charge in [-0.1, -0.05) is 67.2 Å². The first kappa shape index (κ1) is 20.0. The zero-order valence-corrected chi connectivity index (χ0v) is 17.4. The molecule has 0 saturated heterocycles. The van der Waals surface area contributed by atoms with E-state index in [1.165, 1.54) is 16.4 Å². The summed E-state index contributed by atoms with van der Waals surface area (Å²) in [5, 5.41) is 13.9. The number of nitrogens with zero attached hydrogens (tertiary/aromatic N) is 4. The molecule has 0 bridgehead atoms. The molecule has 0 amide bonds. The van der Waals surface area contributed by atoms with Crippen molar-refractivity contribution in [1.82, 2.24) is 20.0 Å². The van der Waals surface area contributed by atoms with Gasteiger partial charge in [-0.3, -0.25) is 9.59 Å². The number of hydrogen-bond donors (Lipinski definition) is 0. The molecule has 8 heteroatoms. The molecule has 0 aliphatic heterocycles. The zero-order valence-electron chi connectivity index (χ0n) is 16.6. The molecule has 0 fully saturated rings. The Balaban J connectivity index is 1.76. The van der Waals surface area contributed by atoms with E-state index >= 15 is 0 Å². The SMILES string of the molecule is CCC(=O)C(C)Sc1nnc(-c2nn(Cc3ccccc3)c(=O)c3ccccc23)o1. The predicted octanol–water partition coefficient (Wildman–Crippen LogP) is 3.95. The first-order valence-corrected chi connectivity index (χ1v) is 10.5. The third-order valence-corrected chi connectivity index (χ3v) is 5.71. The van der Waals surface area contributed by atoms with E-state index in [0.717, 1.165) is 5.56 Å². The largest absolute Gasteiger partial charge is 0.409 e. The van der Waals surface area contributed by atoms with Gasteiger partial charge in [-0.2, -0.15) is 5.10 Å². The molecule has 2 aromatic carbocycles. The van der Waals surface area contributed by atoms with Crippen molar-refractivity contribution in [2.24, 2.45) is 0 Å². The van der Waals surface area contributed by atoms with Gasteiger partial charge in [-0.25, -0.2) is 4.68 Å². The van der Waals surface area contributed by atoms with E-state index in [9.17, 15) is 9.59 Å². The highest BCUT2D eigenvalue weighted by Gasteiger charge is 2.20. The van der Waals surface area contributed by atoms with E-state index in [1.54, 1.807) is 6.07 Å². The van der Waals surface area contributed by atoms with E-state index in [2.05, 4.69) is 15.3 Å². The molecule has 0 spiro atoms. The highest BCUT2D eigenvalue weighted by Crippen LogP contribution is 2.29. The molecule has 30 heavy (non-hydrogen) atoms. The van der Waals surface area contributed by atoms with E-state index in [-0.39, 0.29) is 22.5 Å². The molecular weight excluding hydrogens is 400 g/mol. The molecule has 2 heterocycles. The van der Waals surface area contributed by atoms with Crippen molar-refractivity contribution in [2.75, 3.05) is 0 Å². The van der Waals surface area contributed by atoms with Crippen LogP contribution in [0, 0.1) is 0 Å². The summed E-state index contributed by atoms with van der Waals surface area (Å²) in [7, 11) is 0. The maximum absolute atomic E-state index is 13.0. The van der Waals surface area contributed by atoms with E-state index in [4.69, 9.17) is 4.42 Å². The van der Waals surface area contributed by atoms with Gasteiger partial charge >= 0.3 is 0 Å². The number of ketones is 1. The normalized spacial score (nSPS) is 12.2. The van der Waals surface area contributed by atoms with Crippen molar-refractivity contribution in [3.05, 3.63) is 70.5 Å². The number of Topliss-reactive ketones (excluding diaryl/α,β-unsaturated/α-hetero) is 1. The standard InChI is InChI=1S/C22H20N4O3S/c1-3-18(27)14(2)30-22-24-23-20(29-22)19-16-11-7-8-12-17(16)21(28)26(25-19)13-15-9-5-4-6-10-15/h4-12,14H,3,13H2,1-2H3. The van der Waals surface area contributed by atoms with Gasteiger partial charge in [0.05, 0.1) is 17.2 Å². The van der Waals surface area contributed by atoms with Gasteiger partial charge in [0.2, 0.25) is 0 Å². The van der Waals surface area contributed by atoms with Crippen molar-refractivity contribution in [3.8, 4) is 11.6 Å². The Morgan fingerprint density at radius 1 is 1.07 bits per heavy atom. The number of aromatic nitrogens is 4. The average Bonchev–Trinajstić information content (AvgIpc) is 3.24. The van der Waals surface area contributed by atoms with Crippen molar-refractivity contribution < 1.29 is 9.21 Å². The lowest BCUT2D eigenvalue weighted by molar-refractivity contribution is -0.118. The molecule has 0 saturated carbocycles. The number of carbonyl (C=O) groups is 1. The van der Waals surface area contributed by atoms with Crippen molar-refractivity contribution in [3.63, 3.8) is 0 Å². The Labute approximate surface area is 177 Å². The molecule has 0 radical (unpaired) electrons. The lowest BCUT2D eigenvalue weighted by Gasteiger charge is -2.09. The number of hydrogen-bond acceptors (Lipinski definition) is 7. The first-order chi connectivity index (χ1) is 14.6. The molecule has 4 aromatic rings. The summed E-state index contributed by atoms with van der Waals surface area (Å²) in [6, 6.07) is 16.9. The van der Waals surface area contributed by atoms with Crippen LogP contribution in [0.15, 0.2) is 69.0 Å². The van der Waals surface area contributed by atoms with Crippen LogP contribution in [-0.2, 0) is 11.3 Å². The van der Waals surface area contributed by atoms with Gasteiger partial charge in [0.15, 0.2) is 5.69 Å². The summed E-state index contributed by atoms with van der Waals surface area (Å²) >= 11 is 1.22. The molecule has 0 aliphatic carbocycles. The fraction of sp³-hybridized carbons (Fsp3) is 0.227. The van der Waals surface area contributed by atoms with Crippen LogP contribution < -0.4 is 5.56 Å². The van der Waals surface area contributed by atoms with Crippen molar-refractivity contribution >= 4 is 28.3 Å². The molecule has 152 valence electrons. The maximum Gasteiger partial charge on any atom is 0.277 e. The second kappa shape index (κ2) is 8.62. The van der Waals surface area contributed by atoms with Gasteiger partial charge in [0.1, 0.15) is 5.78 Å². The first-order valence-electron chi connectivity index (χ1n) is 9.64. The fourth-order valence-electron chi connectivity index (χ4n) is 3.11. The number of benzene rings is 2. The molecule has 0 aliphatic rings. The Bertz CT molecular complexity index is 1250. The van der Waals surface area contributed by atoms with Crippen LogP contribution in [0.4, 0.5) is 0 Å². The second-order valence-electron chi connectivity index (χ2n) is 6.80. The van der Waals surface area contributed by atoms with Gasteiger partial charge < -0.3 is 4.42 Å². The third kappa shape index (κ3) is 4.04. The monoisotopic (exact) mass is 420 g/mol. The predicted molar refractivity (Wildman–Crippen MR) is 115 cm³/mol. The maximum atomic E-state index is 13.0. The highest BCUT2D eigenvalue weighted by atomic mass is 32.2. The molecule has 4 rings (SSSR count). The molecule has 0 N–H and O–H groups in total. The highest BCUT2D eigenvalue weighted by molar-refractivity contribution is 8.00. The summed E-state index contributed by atoms with van der Waals surface area (Å²) in [6.07, 6.45) is 0.450. The molecule has 1 unspecified atom stereocenters. The van der Waals surface area contributed by atoms with Crippen LogP contribution in [0.25, 0.3) is 22.4 Å². The minimum Gasteiger partial charge on any atom is -0.409 e. The van der Waals surface area contributed by atoms with Crippen molar-refractivity contribution in [2.45, 2.75) is 37.3 Å². The molecule has 2 aromatic heterocycles. The Morgan fingerprint density at radius 3 is 2.50 bits per heavy atom. The van der Waals surface area contributed by atoms with Gasteiger partial charge in [0.25, 0.3) is 16.7 Å². The minimum atomic E-state index is -0.278. The summed E-state index contributed by atoms with van der Waals surface area (Å²) in [6.45, 7) is 3.97. The van der Waals surface area contributed by atoms with Crippen LogP contribution >= 0.6 is 11.8 Å². The Morgan fingerprint density at radius 2 is 1.77 bits per heavy atom. The van der Waals surface area contributed by atoms with Gasteiger partial charge in [0, 0.05) is 11.8 Å². The zero-order chi connectivity index (χ0) is 21.1. The number of thioether (sulfide) groups is 1. The smallest absolute Gasteiger partial charge is 0.277 e. The number of fused-ring (bicyclic) bond motifs is 1. The Kier molecular flexibility index (Phi) is 5.76. The van der Waals surface area contributed by atoms with E-state index < -0.39 is 0 Å². The summed E-state index contributed by atoms with van der Waals surface area (Å²) < 4.78 is 7.21. The van der Waals surface area contributed by atoms with Crippen LogP contribution in [-0.4, -0.2) is 31.0 Å². The minimum absolute atomic E-state index is 0.111. The number of carbonyl (C=O) groups excluding carboxylic acids is 1. The summed E-state index contributed by atoms with van der Waals surface area (Å²) in [5.74, 6) is 0.325. The van der Waals surface area contributed by atoms with E-state index in [1.807, 2.05) is 62.4 Å². The van der Waals surface area contributed by atoms with Gasteiger partial charge in [-0.15, -0.1) is 10.2 Å². The summed E-state index contributed by atoms with van der Waals surface area (Å²) in [4.78, 5) is 24.8. The summed E-state index contributed by atoms with van der Waals surface area (Å²) in [5.41, 5.74) is 1.21. The average molecular weight is 420 g/mol. The second-order valence-corrected chi connectivity index (χ2v) is 8.09. The molecular formula is C22H20N4O3S. The molecule has 7 nitrogen and oxygen atoms in total. The van der Waals surface area contributed by atoms with E-state index in [0.29, 0.717) is 34.7 Å². The lowest BCUT2D eigenvalue weighted by atomic mass is 10.1. The van der Waals surface area contributed by atoms with Crippen LogP contribution in [0.5, 0.6) is 0 Å². The van der Waals surface area contributed by atoms with Gasteiger partial charge in [-0.05, 0) is 18.6 Å².